The number of hydrogen-bond acceptors (Lipinski definition) is 1. The molecule has 0 unspecified atom stereocenters. The molecule has 0 saturated heterocycles. The van der Waals surface area contributed by atoms with Crippen LogP contribution in [0.1, 0.15) is 55.2 Å². The molecule has 2 rings (SSSR count). The zero-order valence-electron chi connectivity index (χ0n) is 11.9. The molecule has 1 aromatic carbocycles. The number of aromatic nitrogens is 2. The average molecular weight is 242 g/mol. The second kappa shape index (κ2) is 4.97. The molecule has 0 spiro atoms. The number of imidazole rings is 1. The van der Waals surface area contributed by atoms with Crippen molar-refractivity contribution >= 4 is 0 Å². The molecule has 2 aromatic rings. The van der Waals surface area contributed by atoms with E-state index in [2.05, 4.69) is 68.6 Å². The summed E-state index contributed by atoms with van der Waals surface area (Å²) in [6.45, 7) is 11.0. The van der Waals surface area contributed by atoms with Crippen molar-refractivity contribution in [3.05, 3.63) is 53.1 Å². The summed E-state index contributed by atoms with van der Waals surface area (Å²) in [6.07, 6.45) is 3.97. The van der Waals surface area contributed by atoms with Crippen LogP contribution in [-0.2, 0) is 0 Å². The van der Waals surface area contributed by atoms with E-state index in [9.17, 15) is 0 Å². The van der Waals surface area contributed by atoms with Crippen LogP contribution in [-0.4, -0.2) is 9.55 Å². The predicted molar refractivity (Wildman–Crippen MR) is 76.0 cm³/mol. The van der Waals surface area contributed by atoms with E-state index in [1.165, 1.54) is 16.7 Å². The lowest BCUT2D eigenvalue weighted by Crippen LogP contribution is -2.10. The standard InChI is InChI=1S/C16H22N2/c1-11(2)18-10-9-17-16(18)14(5)15-8-6-7-12(3)13(15)4/h6-11,14H,1-5H3/t14-/m0/s1. The van der Waals surface area contributed by atoms with Crippen LogP contribution in [0.3, 0.4) is 0 Å². The minimum Gasteiger partial charge on any atom is -0.332 e. The van der Waals surface area contributed by atoms with Gasteiger partial charge in [-0.1, -0.05) is 25.1 Å². The second-order valence-corrected chi connectivity index (χ2v) is 5.30. The van der Waals surface area contributed by atoms with Crippen LogP contribution in [0.25, 0.3) is 0 Å². The Balaban J connectivity index is 2.45. The molecule has 0 N–H and O–H groups in total. The molecule has 0 radical (unpaired) electrons. The molecule has 1 aromatic heterocycles. The molecule has 96 valence electrons. The van der Waals surface area contributed by atoms with Crippen molar-refractivity contribution in [2.24, 2.45) is 0 Å². The minimum absolute atomic E-state index is 0.335. The zero-order chi connectivity index (χ0) is 13.3. The van der Waals surface area contributed by atoms with Gasteiger partial charge in [0.15, 0.2) is 0 Å². The van der Waals surface area contributed by atoms with Gasteiger partial charge in [-0.15, -0.1) is 0 Å². The van der Waals surface area contributed by atoms with Crippen molar-refractivity contribution in [2.75, 3.05) is 0 Å². The van der Waals surface area contributed by atoms with Gasteiger partial charge in [-0.3, -0.25) is 0 Å². The first kappa shape index (κ1) is 12.9. The predicted octanol–water partition coefficient (Wildman–Crippen LogP) is 4.23. The molecule has 18 heavy (non-hydrogen) atoms. The maximum absolute atomic E-state index is 4.55. The van der Waals surface area contributed by atoms with Gasteiger partial charge in [0.05, 0.1) is 0 Å². The quantitative estimate of drug-likeness (QED) is 0.787. The molecule has 1 atom stereocenters. The molecule has 1 heterocycles. The first-order valence-electron chi connectivity index (χ1n) is 6.61. The van der Waals surface area contributed by atoms with E-state index < -0.39 is 0 Å². The summed E-state index contributed by atoms with van der Waals surface area (Å²) in [7, 11) is 0. The summed E-state index contributed by atoms with van der Waals surface area (Å²) in [6, 6.07) is 6.97. The molecule has 0 aliphatic carbocycles. The van der Waals surface area contributed by atoms with Crippen molar-refractivity contribution in [3.63, 3.8) is 0 Å². The van der Waals surface area contributed by atoms with Crippen molar-refractivity contribution in [2.45, 2.75) is 46.6 Å². The van der Waals surface area contributed by atoms with Crippen LogP contribution in [0, 0.1) is 13.8 Å². The maximum Gasteiger partial charge on any atom is 0.116 e. The Hall–Kier alpha value is -1.57. The average Bonchev–Trinajstić information content (AvgIpc) is 2.81. The van der Waals surface area contributed by atoms with Gasteiger partial charge in [-0.25, -0.2) is 4.98 Å². The minimum atomic E-state index is 0.335. The molecule has 0 aliphatic heterocycles. The highest BCUT2D eigenvalue weighted by molar-refractivity contribution is 5.38. The number of benzene rings is 1. The van der Waals surface area contributed by atoms with E-state index in [0.29, 0.717) is 12.0 Å². The summed E-state index contributed by atoms with van der Waals surface area (Å²) >= 11 is 0. The fraction of sp³-hybridized carbons (Fsp3) is 0.438. The molecule has 0 aliphatic rings. The lowest BCUT2D eigenvalue weighted by Gasteiger charge is -2.19. The normalized spacial score (nSPS) is 13.0. The number of nitrogens with zero attached hydrogens (tertiary/aromatic N) is 2. The maximum atomic E-state index is 4.55. The van der Waals surface area contributed by atoms with Gasteiger partial charge < -0.3 is 4.57 Å². The first-order chi connectivity index (χ1) is 8.52. The third kappa shape index (κ3) is 2.20. The monoisotopic (exact) mass is 242 g/mol. The number of hydrogen-bond donors (Lipinski definition) is 0. The third-order valence-electron chi connectivity index (χ3n) is 3.76. The van der Waals surface area contributed by atoms with E-state index in [4.69, 9.17) is 0 Å². The molecule has 2 nitrogen and oxygen atoms in total. The van der Waals surface area contributed by atoms with Gasteiger partial charge >= 0.3 is 0 Å². The van der Waals surface area contributed by atoms with Crippen LogP contribution >= 0.6 is 0 Å². The first-order valence-corrected chi connectivity index (χ1v) is 6.61. The van der Waals surface area contributed by atoms with Crippen LogP contribution in [0.4, 0.5) is 0 Å². The van der Waals surface area contributed by atoms with E-state index in [1.807, 2.05) is 6.20 Å². The Morgan fingerprint density at radius 3 is 2.50 bits per heavy atom. The van der Waals surface area contributed by atoms with Crippen molar-refractivity contribution in [1.82, 2.24) is 9.55 Å². The summed E-state index contributed by atoms with van der Waals surface area (Å²) in [5.41, 5.74) is 4.11. The van der Waals surface area contributed by atoms with Crippen molar-refractivity contribution < 1.29 is 0 Å². The smallest absolute Gasteiger partial charge is 0.116 e. The fourth-order valence-electron chi connectivity index (χ4n) is 2.48. The Morgan fingerprint density at radius 2 is 1.83 bits per heavy atom. The van der Waals surface area contributed by atoms with E-state index in [1.54, 1.807) is 0 Å². The third-order valence-corrected chi connectivity index (χ3v) is 3.76. The highest BCUT2D eigenvalue weighted by Gasteiger charge is 2.17. The molecule has 0 saturated carbocycles. The van der Waals surface area contributed by atoms with Gasteiger partial charge in [-0.05, 0) is 44.4 Å². The van der Waals surface area contributed by atoms with Crippen LogP contribution in [0.5, 0.6) is 0 Å². The second-order valence-electron chi connectivity index (χ2n) is 5.30. The molecule has 0 fully saturated rings. The topological polar surface area (TPSA) is 17.8 Å². The van der Waals surface area contributed by atoms with Crippen molar-refractivity contribution in [1.29, 1.82) is 0 Å². The Labute approximate surface area is 110 Å². The summed E-state index contributed by atoms with van der Waals surface area (Å²) in [5.74, 6) is 1.49. The lowest BCUT2D eigenvalue weighted by molar-refractivity contribution is 0.556. The Morgan fingerprint density at radius 1 is 1.11 bits per heavy atom. The lowest BCUT2D eigenvalue weighted by atomic mass is 9.93. The van der Waals surface area contributed by atoms with Crippen LogP contribution < -0.4 is 0 Å². The molecule has 0 amide bonds. The van der Waals surface area contributed by atoms with Gasteiger partial charge in [-0.2, -0.15) is 0 Å². The van der Waals surface area contributed by atoms with Gasteiger partial charge in [0, 0.05) is 24.4 Å². The summed E-state index contributed by atoms with van der Waals surface area (Å²) in [4.78, 5) is 4.55. The summed E-state index contributed by atoms with van der Waals surface area (Å²) in [5, 5.41) is 0. The van der Waals surface area contributed by atoms with E-state index in [0.717, 1.165) is 5.82 Å². The molecular formula is C16H22N2. The molecule has 2 heteroatoms. The Kier molecular flexibility index (Phi) is 3.55. The highest BCUT2D eigenvalue weighted by atomic mass is 15.1. The Bertz CT molecular complexity index is 538. The highest BCUT2D eigenvalue weighted by Crippen LogP contribution is 2.28. The largest absolute Gasteiger partial charge is 0.332 e. The molecular weight excluding hydrogens is 220 g/mol. The summed E-state index contributed by atoms with van der Waals surface area (Å²) < 4.78 is 2.26. The number of aryl methyl sites for hydroxylation is 1. The van der Waals surface area contributed by atoms with Crippen LogP contribution in [0.2, 0.25) is 0 Å². The zero-order valence-corrected chi connectivity index (χ0v) is 11.9. The fourth-order valence-corrected chi connectivity index (χ4v) is 2.48. The van der Waals surface area contributed by atoms with Crippen LogP contribution in [0.15, 0.2) is 30.6 Å². The molecule has 0 bridgehead atoms. The van der Waals surface area contributed by atoms with Gasteiger partial charge in [0.25, 0.3) is 0 Å². The SMILES string of the molecule is Cc1cccc([C@H](C)c2nccn2C(C)C)c1C. The van der Waals surface area contributed by atoms with Gasteiger partial charge in [0.1, 0.15) is 5.82 Å². The van der Waals surface area contributed by atoms with Crippen molar-refractivity contribution in [3.8, 4) is 0 Å². The number of rotatable bonds is 3. The van der Waals surface area contributed by atoms with Gasteiger partial charge in [0.2, 0.25) is 0 Å². The van der Waals surface area contributed by atoms with E-state index in [-0.39, 0.29) is 0 Å². The van der Waals surface area contributed by atoms with E-state index >= 15 is 0 Å².